The van der Waals surface area contributed by atoms with E-state index < -0.39 is 0 Å². The Morgan fingerprint density at radius 3 is 2.24 bits per heavy atom. The van der Waals surface area contributed by atoms with Crippen molar-refractivity contribution >= 4 is 9.24 Å². The van der Waals surface area contributed by atoms with Gasteiger partial charge < -0.3 is 14.6 Å². The summed E-state index contributed by atoms with van der Waals surface area (Å²) in [5.41, 5.74) is 0.331. The zero-order valence-electron chi connectivity index (χ0n) is 11.7. The number of methoxy groups -OCH3 is 1. The predicted molar refractivity (Wildman–Crippen MR) is 75.5 cm³/mol. The van der Waals surface area contributed by atoms with Crippen LogP contribution in [0.25, 0.3) is 0 Å². The molecule has 0 radical (unpaired) electrons. The van der Waals surface area contributed by atoms with Crippen LogP contribution in [0.15, 0.2) is 0 Å². The van der Waals surface area contributed by atoms with Gasteiger partial charge in [0.25, 0.3) is 0 Å². The molecule has 4 heteroatoms. The maximum absolute atomic E-state index is 8.89. The highest BCUT2D eigenvalue weighted by molar-refractivity contribution is 7.17. The summed E-state index contributed by atoms with van der Waals surface area (Å²) < 4.78 is 11.5. The van der Waals surface area contributed by atoms with Gasteiger partial charge in [-0.15, -0.1) is 9.24 Å². The lowest BCUT2D eigenvalue weighted by molar-refractivity contribution is -0.0866. The van der Waals surface area contributed by atoms with Gasteiger partial charge >= 0.3 is 0 Å². The van der Waals surface area contributed by atoms with E-state index in [0.717, 1.165) is 25.7 Å². The first kappa shape index (κ1) is 17.3. The molecule has 0 saturated carbocycles. The van der Waals surface area contributed by atoms with Crippen molar-refractivity contribution in [3.63, 3.8) is 0 Å². The van der Waals surface area contributed by atoms with E-state index in [1.807, 2.05) is 6.92 Å². The highest BCUT2D eigenvalue weighted by Gasteiger charge is 2.26. The van der Waals surface area contributed by atoms with Crippen molar-refractivity contribution in [3.8, 4) is 0 Å². The number of ether oxygens (including phenoxy) is 2. The molecule has 0 rings (SSSR count). The molecule has 17 heavy (non-hydrogen) atoms. The number of rotatable bonds is 10. The summed E-state index contributed by atoms with van der Waals surface area (Å²) in [7, 11) is 4.56. The molecule has 3 nitrogen and oxygen atoms in total. The summed E-state index contributed by atoms with van der Waals surface area (Å²) in [6.45, 7) is 6.58. The van der Waals surface area contributed by atoms with Gasteiger partial charge in [-0.05, 0) is 32.6 Å². The van der Waals surface area contributed by atoms with Gasteiger partial charge in [-0.25, -0.2) is 0 Å². The second-order valence-corrected chi connectivity index (χ2v) is 5.37. The van der Waals surface area contributed by atoms with E-state index in [2.05, 4.69) is 23.1 Å². The second-order valence-electron chi connectivity index (χ2n) is 4.51. The number of hydrogen-bond donors (Lipinski definition) is 1. The van der Waals surface area contributed by atoms with Crippen LogP contribution in [0.3, 0.4) is 0 Å². The fraction of sp³-hybridized carbons (Fsp3) is 1.00. The van der Waals surface area contributed by atoms with Crippen LogP contribution in [0.2, 0.25) is 0 Å². The van der Waals surface area contributed by atoms with Crippen LogP contribution < -0.4 is 0 Å². The number of aliphatic hydroxyl groups excluding tert-OH is 1. The number of aliphatic hydroxyl groups is 1. The van der Waals surface area contributed by atoms with Gasteiger partial charge in [-0.1, -0.05) is 13.8 Å². The van der Waals surface area contributed by atoms with Crippen molar-refractivity contribution in [1.82, 2.24) is 0 Å². The molecule has 0 aliphatic rings. The summed E-state index contributed by atoms with van der Waals surface area (Å²) in [6, 6.07) is 0. The highest BCUT2D eigenvalue weighted by Crippen LogP contribution is 2.23. The Kier molecular flexibility index (Phi) is 10.4. The molecule has 0 aromatic heterocycles. The van der Waals surface area contributed by atoms with E-state index in [-0.39, 0.29) is 18.8 Å². The average Bonchev–Trinajstić information content (AvgIpc) is 2.36. The standard InChI is InChI=1S/C13H29O3P/c1-5-11(6-2)16-13(10(3)15-4)12(17)8-7-9-14/h10-14H,5-9,17H2,1-4H3. The molecule has 0 aliphatic carbocycles. The minimum Gasteiger partial charge on any atom is -0.396 e. The van der Waals surface area contributed by atoms with Crippen LogP contribution in [-0.2, 0) is 9.47 Å². The molecule has 104 valence electrons. The monoisotopic (exact) mass is 264 g/mol. The third-order valence-corrected chi connectivity index (χ3v) is 3.92. The van der Waals surface area contributed by atoms with E-state index in [4.69, 9.17) is 14.6 Å². The van der Waals surface area contributed by atoms with Gasteiger partial charge in [0.2, 0.25) is 0 Å². The zero-order valence-corrected chi connectivity index (χ0v) is 12.8. The van der Waals surface area contributed by atoms with Crippen LogP contribution >= 0.6 is 9.24 Å². The van der Waals surface area contributed by atoms with Crippen molar-refractivity contribution in [3.05, 3.63) is 0 Å². The van der Waals surface area contributed by atoms with Gasteiger partial charge in [0.05, 0.1) is 18.3 Å². The van der Waals surface area contributed by atoms with Crippen LogP contribution in [-0.4, -0.2) is 42.8 Å². The Morgan fingerprint density at radius 2 is 1.82 bits per heavy atom. The highest BCUT2D eigenvalue weighted by atomic mass is 31.0. The molecular weight excluding hydrogens is 235 g/mol. The molecule has 0 amide bonds. The van der Waals surface area contributed by atoms with Crippen molar-refractivity contribution < 1.29 is 14.6 Å². The molecule has 0 spiro atoms. The van der Waals surface area contributed by atoms with Crippen molar-refractivity contribution in [1.29, 1.82) is 0 Å². The molecule has 4 atom stereocenters. The summed E-state index contributed by atoms with van der Waals surface area (Å²) in [5.74, 6) is 0. The Balaban J connectivity index is 4.40. The lowest BCUT2D eigenvalue weighted by Crippen LogP contribution is -2.39. The van der Waals surface area contributed by atoms with E-state index in [1.54, 1.807) is 7.11 Å². The Hall–Kier alpha value is 0.310. The average molecular weight is 264 g/mol. The van der Waals surface area contributed by atoms with Gasteiger partial charge in [0.15, 0.2) is 0 Å². The Morgan fingerprint density at radius 1 is 1.24 bits per heavy atom. The van der Waals surface area contributed by atoms with Crippen LogP contribution in [0, 0.1) is 0 Å². The third-order valence-electron chi connectivity index (χ3n) is 3.21. The second kappa shape index (κ2) is 10.3. The minimum absolute atomic E-state index is 0.0804. The SMILES string of the molecule is CCC(CC)OC(C(P)CCCO)C(C)OC. The smallest absolute Gasteiger partial charge is 0.0899 e. The van der Waals surface area contributed by atoms with Gasteiger partial charge in [-0.2, -0.15) is 0 Å². The first-order valence-corrected chi connectivity index (χ1v) is 7.31. The molecule has 1 N–H and O–H groups in total. The molecule has 0 aromatic rings. The van der Waals surface area contributed by atoms with Crippen molar-refractivity contribution in [2.24, 2.45) is 0 Å². The topological polar surface area (TPSA) is 38.7 Å². The maximum atomic E-state index is 8.89. The van der Waals surface area contributed by atoms with E-state index in [1.165, 1.54) is 0 Å². The van der Waals surface area contributed by atoms with E-state index in [0.29, 0.717) is 11.8 Å². The quantitative estimate of drug-likeness (QED) is 0.616. The van der Waals surface area contributed by atoms with Crippen LogP contribution in [0.4, 0.5) is 0 Å². The van der Waals surface area contributed by atoms with Gasteiger partial charge in [0.1, 0.15) is 0 Å². The first-order chi connectivity index (χ1) is 8.10. The van der Waals surface area contributed by atoms with E-state index in [9.17, 15) is 0 Å². The van der Waals surface area contributed by atoms with Crippen LogP contribution in [0.5, 0.6) is 0 Å². The molecule has 0 aliphatic heterocycles. The lowest BCUT2D eigenvalue weighted by Gasteiger charge is -2.32. The fourth-order valence-electron chi connectivity index (χ4n) is 1.89. The molecule has 0 bridgehead atoms. The molecule has 0 fully saturated rings. The normalized spacial score (nSPS) is 17.1. The molecule has 0 saturated heterocycles. The maximum Gasteiger partial charge on any atom is 0.0899 e. The van der Waals surface area contributed by atoms with Crippen molar-refractivity contribution in [2.75, 3.05) is 13.7 Å². The number of hydrogen-bond acceptors (Lipinski definition) is 3. The summed E-state index contributed by atoms with van der Waals surface area (Å²) in [6.07, 6.45) is 4.28. The Bertz CT molecular complexity index is 174. The zero-order chi connectivity index (χ0) is 13.3. The van der Waals surface area contributed by atoms with Gasteiger partial charge in [0, 0.05) is 19.4 Å². The minimum atomic E-state index is 0.0804. The predicted octanol–water partition coefficient (Wildman–Crippen LogP) is 2.61. The molecule has 0 heterocycles. The lowest BCUT2D eigenvalue weighted by atomic mass is 10.1. The first-order valence-electron chi connectivity index (χ1n) is 6.65. The van der Waals surface area contributed by atoms with Gasteiger partial charge in [-0.3, -0.25) is 0 Å². The Labute approximate surface area is 108 Å². The molecule has 4 unspecified atom stereocenters. The van der Waals surface area contributed by atoms with E-state index >= 15 is 0 Å². The largest absolute Gasteiger partial charge is 0.396 e. The summed E-state index contributed by atoms with van der Waals surface area (Å²) in [4.78, 5) is 0. The summed E-state index contributed by atoms with van der Waals surface area (Å²) >= 11 is 0. The third kappa shape index (κ3) is 6.71. The molecule has 0 aromatic carbocycles. The summed E-state index contributed by atoms with van der Waals surface area (Å²) in [5, 5.41) is 8.89. The van der Waals surface area contributed by atoms with Crippen molar-refractivity contribution in [2.45, 2.75) is 70.4 Å². The van der Waals surface area contributed by atoms with Crippen LogP contribution in [0.1, 0.15) is 46.5 Å². The molecular formula is C13H29O3P. The fourth-order valence-corrected chi connectivity index (χ4v) is 2.53.